The molecule has 1 aliphatic rings. The number of halogens is 2. The molecule has 0 saturated carbocycles. The average Bonchev–Trinajstić information content (AvgIpc) is 2.17. The summed E-state index contributed by atoms with van der Waals surface area (Å²) in [5.74, 6) is 0. The second-order valence-corrected chi connectivity index (χ2v) is 3.62. The summed E-state index contributed by atoms with van der Waals surface area (Å²) in [6, 6.07) is 8.20. The van der Waals surface area contributed by atoms with Crippen LogP contribution in [0.15, 0.2) is 24.3 Å². The molecule has 84 valence electrons. The first-order valence-corrected chi connectivity index (χ1v) is 4.87. The molecule has 0 saturated heterocycles. The minimum absolute atomic E-state index is 0. The predicted octanol–water partition coefficient (Wildman–Crippen LogP) is 2.19. The molecule has 0 aromatic heterocycles. The molecule has 1 aromatic rings. The lowest BCUT2D eigenvalue weighted by molar-refractivity contribution is -0.0850. The van der Waals surface area contributed by atoms with Crippen molar-refractivity contribution in [3.8, 4) is 0 Å². The number of ether oxygens (including phenoxy) is 1. The molecule has 0 amide bonds. The second kappa shape index (κ2) is 5.45. The highest BCUT2D eigenvalue weighted by Gasteiger charge is 2.20. The van der Waals surface area contributed by atoms with Gasteiger partial charge in [-0.2, -0.15) is 4.39 Å². The summed E-state index contributed by atoms with van der Waals surface area (Å²) in [6.07, 6.45) is 2.51. The number of aryl methyl sites for hydroxylation is 1. The van der Waals surface area contributed by atoms with Crippen molar-refractivity contribution in [3.63, 3.8) is 0 Å². The van der Waals surface area contributed by atoms with Crippen LogP contribution in [0.5, 0.6) is 0 Å². The molecule has 0 fully saturated rings. The largest absolute Gasteiger partial charge is 0.333 e. The number of rotatable bonds is 2. The number of benzene rings is 1. The van der Waals surface area contributed by atoms with Gasteiger partial charge in [-0.15, -0.1) is 12.4 Å². The van der Waals surface area contributed by atoms with Crippen molar-refractivity contribution in [2.24, 2.45) is 5.73 Å². The highest BCUT2D eigenvalue weighted by molar-refractivity contribution is 5.85. The van der Waals surface area contributed by atoms with Crippen molar-refractivity contribution in [3.05, 3.63) is 35.4 Å². The summed E-state index contributed by atoms with van der Waals surface area (Å²) in [5, 5.41) is 0. The van der Waals surface area contributed by atoms with Crippen LogP contribution >= 0.6 is 12.4 Å². The average molecular weight is 232 g/mol. The van der Waals surface area contributed by atoms with E-state index < -0.39 is 6.48 Å². The molecule has 2 atom stereocenters. The van der Waals surface area contributed by atoms with E-state index in [0.29, 0.717) is 0 Å². The topological polar surface area (TPSA) is 35.2 Å². The first kappa shape index (κ1) is 12.4. The zero-order chi connectivity index (χ0) is 9.97. The monoisotopic (exact) mass is 231 g/mol. The van der Waals surface area contributed by atoms with E-state index in [1.807, 2.05) is 12.1 Å². The first-order valence-electron chi connectivity index (χ1n) is 4.87. The third-order valence-corrected chi connectivity index (χ3v) is 2.62. The van der Waals surface area contributed by atoms with Crippen LogP contribution in [0.25, 0.3) is 0 Å². The van der Waals surface area contributed by atoms with E-state index >= 15 is 0 Å². The lowest BCUT2D eigenvalue weighted by Crippen LogP contribution is -2.30. The Bertz CT molecular complexity index is 319. The summed E-state index contributed by atoms with van der Waals surface area (Å²) in [6.45, 7) is -1.65. The van der Waals surface area contributed by atoms with Crippen LogP contribution in [-0.2, 0) is 17.6 Å². The molecule has 2 N–H and O–H groups in total. The Kier molecular flexibility index (Phi) is 4.51. The van der Waals surface area contributed by atoms with Crippen LogP contribution in [0, 0.1) is 0 Å². The maximum Gasteiger partial charge on any atom is 0.253 e. The number of nitrogens with two attached hydrogens (primary N) is 1. The summed E-state index contributed by atoms with van der Waals surface area (Å²) >= 11 is 0. The number of hydrogen-bond donors (Lipinski definition) is 1. The van der Waals surface area contributed by atoms with Gasteiger partial charge in [-0.1, -0.05) is 24.3 Å². The van der Waals surface area contributed by atoms with Gasteiger partial charge in [0.2, 0.25) is 0 Å². The zero-order valence-electron chi connectivity index (χ0n) is 8.36. The first-order chi connectivity index (χ1) is 6.75. The molecule has 1 aliphatic carbocycles. The lowest BCUT2D eigenvalue weighted by Gasteiger charge is -2.24. The number of alkyl halides is 1. The molecular weight excluding hydrogens is 217 g/mol. The van der Waals surface area contributed by atoms with Crippen molar-refractivity contribution in [2.75, 3.05) is 0 Å². The molecule has 2 rings (SSSR count). The van der Waals surface area contributed by atoms with Crippen molar-refractivity contribution in [1.29, 1.82) is 0 Å². The maximum absolute atomic E-state index is 12.4. The third-order valence-electron chi connectivity index (χ3n) is 2.62. The van der Waals surface area contributed by atoms with Gasteiger partial charge in [0.15, 0.2) is 0 Å². The molecule has 0 bridgehead atoms. The summed E-state index contributed by atoms with van der Waals surface area (Å²) in [7, 11) is 0. The standard InChI is InChI=1S/C11H14FNO.ClH/c12-11(13)14-10-6-5-8-3-1-2-4-9(8)7-10;/h1-4,10-11H,5-7,13H2;1H/t10?,11-;/m0./s1. The molecule has 15 heavy (non-hydrogen) atoms. The van der Waals surface area contributed by atoms with Crippen LogP contribution in [0.3, 0.4) is 0 Å². The number of fused-ring (bicyclic) bond motifs is 1. The normalized spacial score (nSPS) is 21.3. The summed E-state index contributed by atoms with van der Waals surface area (Å²) in [5.41, 5.74) is 7.56. The van der Waals surface area contributed by atoms with Crippen molar-refractivity contribution in [1.82, 2.24) is 0 Å². The van der Waals surface area contributed by atoms with Crippen molar-refractivity contribution >= 4 is 12.4 Å². The Morgan fingerprint density at radius 2 is 2.00 bits per heavy atom. The summed E-state index contributed by atoms with van der Waals surface area (Å²) in [4.78, 5) is 0. The van der Waals surface area contributed by atoms with Crippen molar-refractivity contribution in [2.45, 2.75) is 31.8 Å². The molecule has 1 aromatic carbocycles. The van der Waals surface area contributed by atoms with Gasteiger partial charge in [0.25, 0.3) is 6.48 Å². The minimum atomic E-state index is -1.65. The van der Waals surface area contributed by atoms with E-state index in [-0.39, 0.29) is 18.5 Å². The molecule has 0 heterocycles. The third kappa shape index (κ3) is 3.16. The van der Waals surface area contributed by atoms with Crippen LogP contribution in [0.1, 0.15) is 17.5 Å². The molecule has 0 radical (unpaired) electrons. The van der Waals surface area contributed by atoms with E-state index in [1.165, 1.54) is 11.1 Å². The van der Waals surface area contributed by atoms with E-state index in [0.717, 1.165) is 19.3 Å². The van der Waals surface area contributed by atoms with Gasteiger partial charge in [0.1, 0.15) is 0 Å². The smallest absolute Gasteiger partial charge is 0.253 e. The fraction of sp³-hybridized carbons (Fsp3) is 0.455. The van der Waals surface area contributed by atoms with Crippen LogP contribution in [0.2, 0.25) is 0 Å². The van der Waals surface area contributed by atoms with Gasteiger partial charge >= 0.3 is 0 Å². The molecular formula is C11H15ClFNO. The SMILES string of the molecule is Cl.N[C@H](F)OC1CCc2ccccc2C1. The van der Waals surface area contributed by atoms with E-state index in [1.54, 1.807) is 0 Å². The fourth-order valence-electron chi connectivity index (χ4n) is 1.96. The van der Waals surface area contributed by atoms with Gasteiger partial charge < -0.3 is 4.74 Å². The Hall–Kier alpha value is -0.640. The Labute approximate surface area is 95.0 Å². The maximum atomic E-state index is 12.4. The van der Waals surface area contributed by atoms with E-state index in [4.69, 9.17) is 10.5 Å². The molecule has 1 unspecified atom stereocenters. The van der Waals surface area contributed by atoms with Gasteiger partial charge in [-0.3, -0.25) is 5.73 Å². The highest BCUT2D eigenvalue weighted by atomic mass is 35.5. The molecule has 2 nitrogen and oxygen atoms in total. The van der Waals surface area contributed by atoms with Crippen LogP contribution in [0.4, 0.5) is 4.39 Å². The fourth-order valence-corrected chi connectivity index (χ4v) is 1.96. The van der Waals surface area contributed by atoms with Gasteiger partial charge in [-0.25, -0.2) is 0 Å². The second-order valence-electron chi connectivity index (χ2n) is 3.62. The van der Waals surface area contributed by atoms with Gasteiger partial charge in [0.05, 0.1) is 6.10 Å². The lowest BCUT2D eigenvalue weighted by atomic mass is 9.90. The van der Waals surface area contributed by atoms with E-state index in [2.05, 4.69) is 12.1 Å². The van der Waals surface area contributed by atoms with Crippen LogP contribution in [-0.4, -0.2) is 12.6 Å². The Morgan fingerprint density at radius 3 is 2.67 bits per heavy atom. The zero-order valence-corrected chi connectivity index (χ0v) is 9.17. The van der Waals surface area contributed by atoms with Crippen molar-refractivity contribution < 1.29 is 9.13 Å². The molecule has 4 heteroatoms. The molecule has 0 aliphatic heterocycles. The predicted molar refractivity (Wildman–Crippen MR) is 59.7 cm³/mol. The van der Waals surface area contributed by atoms with Gasteiger partial charge in [-0.05, 0) is 30.4 Å². The quantitative estimate of drug-likeness (QED) is 0.626. The Morgan fingerprint density at radius 1 is 1.33 bits per heavy atom. The highest BCUT2D eigenvalue weighted by Crippen LogP contribution is 2.23. The van der Waals surface area contributed by atoms with E-state index in [9.17, 15) is 4.39 Å². The van der Waals surface area contributed by atoms with Crippen LogP contribution < -0.4 is 5.73 Å². The molecule has 0 spiro atoms. The minimum Gasteiger partial charge on any atom is -0.333 e. The summed E-state index contributed by atoms with van der Waals surface area (Å²) < 4.78 is 17.4. The number of hydrogen-bond acceptors (Lipinski definition) is 2. The van der Waals surface area contributed by atoms with Gasteiger partial charge in [0, 0.05) is 0 Å². The Balaban J connectivity index is 0.00000112.